The highest BCUT2D eigenvalue weighted by atomic mass is 31.2. The fourth-order valence-corrected chi connectivity index (χ4v) is 1.83. The maximum Gasteiger partial charge on any atom is 0.246 e. The summed E-state index contributed by atoms with van der Waals surface area (Å²) in [6, 6.07) is 0. The summed E-state index contributed by atoms with van der Waals surface area (Å²) in [6.07, 6.45) is 0.0821. The third kappa shape index (κ3) is 10.2. The Labute approximate surface area is 114 Å². The monoisotopic (exact) mass is 296 g/mol. The van der Waals surface area contributed by atoms with Crippen LogP contribution >= 0.6 is 7.37 Å². The van der Waals surface area contributed by atoms with Crippen LogP contribution in [0.5, 0.6) is 0 Å². The molecule has 0 aromatic heterocycles. The molecule has 1 unspecified atom stereocenters. The van der Waals surface area contributed by atoms with Gasteiger partial charge in [-0.05, 0) is 26.8 Å². The topological polar surface area (TPSA) is 85.2 Å². The van der Waals surface area contributed by atoms with Gasteiger partial charge in [0.05, 0.1) is 31.5 Å². The summed E-state index contributed by atoms with van der Waals surface area (Å²) in [5.41, 5.74) is 0. The van der Waals surface area contributed by atoms with Gasteiger partial charge in [-0.25, -0.2) is 0 Å². The van der Waals surface area contributed by atoms with Gasteiger partial charge in [-0.15, -0.1) is 0 Å². The SMILES string of the molecule is COC[C@H](C)O[C@H](/C=C/P(=O)(O)CO)COC(C)C. The van der Waals surface area contributed by atoms with Crippen LogP contribution in [0.1, 0.15) is 20.8 Å². The summed E-state index contributed by atoms with van der Waals surface area (Å²) in [5, 5.41) is 8.73. The quantitative estimate of drug-likeness (QED) is 0.595. The normalized spacial score (nSPS) is 18.7. The van der Waals surface area contributed by atoms with Crippen LogP contribution in [0.4, 0.5) is 0 Å². The summed E-state index contributed by atoms with van der Waals surface area (Å²) in [7, 11) is -2.05. The molecule has 0 aromatic rings. The van der Waals surface area contributed by atoms with Crippen molar-refractivity contribution in [3.05, 3.63) is 11.9 Å². The number of aliphatic hydroxyl groups excluding tert-OH is 1. The first-order chi connectivity index (χ1) is 8.80. The number of rotatable bonds is 10. The third-order valence-electron chi connectivity index (χ3n) is 2.14. The molecule has 6 nitrogen and oxygen atoms in total. The van der Waals surface area contributed by atoms with Gasteiger partial charge in [0, 0.05) is 12.9 Å². The molecule has 0 radical (unpaired) electrons. The Morgan fingerprint density at radius 1 is 1.26 bits per heavy atom. The lowest BCUT2D eigenvalue weighted by Crippen LogP contribution is -2.27. The molecule has 2 N–H and O–H groups in total. The van der Waals surface area contributed by atoms with Gasteiger partial charge in [-0.2, -0.15) is 0 Å². The summed E-state index contributed by atoms with van der Waals surface area (Å²) in [4.78, 5) is 9.28. The molecule has 0 aliphatic rings. The van der Waals surface area contributed by atoms with E-state index in [2.05, 4.69) is 0 Å². The Bertz CT molecular complexity index is 305. The minimum atomic E-state index is -3.63. The average molecular weight is 296 g/mol. The fraction of sp³-hybridized carbons (Fsp3) is 0.833. The van der Waals surface area contributed by atoms with Gasteiger partial charge < -0.3 is 24.2 Å². The standard InChI is InChI=1S/C12H25O6P/c1-10(2)17-8-12(18-11(3)7-16-4)5-6-19(14,15)9-13/h5-6,10-13H,7-9H2,1-4H3,(H,14,15)/b6-5+/t11-,12+/m0/s1. The first-order valence-electron chi connectivity index (χ1n) is 6.18. The molecular weight excluding hydrogens is 271 g/mol. The molecule has 0 fully saturated rings. The second-order valence-electron chi connectivity index (χ2n) is 4.56. The minimum absolute atomic E-state index is 0.0380. The molecule has 0 spiro atoms. The van der Waals surface area contributed by atoms with Crippen molar-refractivity contribution in [2.45, 2.75) is 39.1 Å². The van der Waals surface area contributed by atoms with Crippen molar-refractivity contribution in [3.8, 4) is 0 Å². The summed E-state index contributed by atoms with van der Waals surface area (Å²) in [6.45, 7) is 6.31. The van der Waals surface area contributed by atoms with Crippen molar-refractivity contribution >= 4 is 7.37 Å². The molecule has 114 valence electrons. The number of aliphatic hydroxyl groups is 1. The van der Waals surface area contributed by atoms with Crippen LogP contribution < -0.4 is 0 Å². The number of hydrogen-bond donors (Lipinski definition) is 2. The zero-order valence-corrected chi connectivity index (χ0v) is 12.9. The van der Waals surface area contributed by atoms with E-state index in [1.54, 1.807) is 7.11 Å². The van der Waals surface area contributed by atoms with Crippen LogP contribution in [0.3, 0.4) is 0 Å². The second kappa shape index (κ2) is 9.64. The van der Waals surface area contributed by atoms with Crippen LogP contribution in [0.25, 0.3) is 0 Å². The van der Waals surface area contributed by atoms with E-state index in [1.165, 1.54) is 6.08 Å². The van der Waals surface area contributed by atoms with Crippen molar-refractivity contribution in [2.24, 2.45) is 0 Å². The molecule has 0 bridgehead atoms. The van der Waals surface area contributed by atoms with Crippen molar-refractivity contribution in [3.63, 3.8) is 0 Å². The molecule has 0 rings (SSSR count). The van der Waals surface area contributed by atoms with E-state index in [4.69, 9.17) is 19.3 Å². The summed E-state index contributed by atoms with van der Waals surface area (Å²) >= 11 is 0. The van der Waals surface area contributed by atoms with E-state index >= 15 is 0 Å². The summed E-state index contributed by atoms with van der Waals surface area (Å²) in [5.74, 6) is 1.08. The number of ether oxygens (including phenoxy) is 3. The Hall–Kier alpha value is -0.230. The van der Waals surface area contributed by atoms with Gasteiger partial charge in [0.25, 0.3) is 0 Å². The third-order valence-corrected chi connectivity index (χ3v) is 3.18. The fourth-order valence-electron chi connectivity index (χ4n) is 1.28. The highest BCUT2D eigenvalue weighted by Crippen LogP contribution is 2.40. The largest absolute Gasteiger partial charge is 0.386 e. The lowest BCUT2D eigenvalue weighted by Gasteiger charge is -2.21. The maximum absolute atomic E-state index is 11.3. The molecule has 3 atom stereocenters. The number of methoxy groups -OCH3 is 1. The molecule has 0 heterocycles. The molecule has 0 saturated carbocycles. The second-order valence-corrected chi connectivity index (χ2v) is 6.65. The van der Waals surface area contributed by atoms with Crippen molar-refractivity contribution in [1.82, 2.24) is 0 Å². The lowest BCUT2D eigenvalue weighted by molar-refractivity contribution is -0.0623. The van der Waals surface area contributed by atoms with Gasteiger partial charge in [0.1, 0.15) is 6.35 Å². The zero-order valence-electron chi connectivity index (χ0n) is 12.0. The van der Waals surface area contributed by atoms with Crippen molar-refractivity contribution < 1.29 is 28.8 Å². The van der Waals surface area contributed by atoms with Crippen LogP contribution in [0.2, 0.25) is 0 Å². The summed E-state index contributed by atoms with van der Waals surface area (Å²) < 4.78 is 27.4. The van der Waals surface area contributed by atoms with E-state index in [9.17, 15) is 9.46 Å². The van der Waals surface area contributed by atoms with Gasteiger partial charge in [0.2, 0.25) is 7.37 Å². The molecule has 19 heavy (non-hydrogen) atoms. The molecular formula is C12H25O6P. The van der Waals surface area contributed by atoms with Crippen molar-refractivity contribution in [2.75, 3.05) is 26.7 Å². The highest BCUT2D eigenvalue weighted by Gasteiger charge is 2.16. The van der Waals surface area contributed by atoms with E-state index in [1.807, 2.05) is 20.8 Å². The van der Waals surface area contributed by atoms with Crippen LogP contribution in [-0.4, -0.2) is 55.0 Å². The van der Waals surface area contributed by atoms with E-state index in [0.717, 1.165) is 5.82 Å². The first kappa shape index (κ1) is 18.8. The number of hydrogen-bond acceptors (Lipinski definition) is 5. The smallest absolute Gasteiger partial charge is 0.246 e. The van der Waals surface area contributed by atoms with Gasteiger partial charge in [-0.3, -0.25) is 4.57 Å². The highest BCUT2D eigenvalue weighted by molar-refractivity contribution is 7.61. The van der Waals surface area contributed by atoms with Crippen LogP contribution in [-0.2, 0) is 18.8 Å². The molecule has 0 aliphatic heterocycles. The van der Waals surface area contributed by atoms with E-state index in [0.29, 0.717) is 6.61 Å². The Kier molecular flexibility index (Phi) is 9.52. The average Bonchev–Trinajstić information content (AvgIpc) is 2.33. The Morgan fingerprint density at radius 2 is 1.89 bits per heavy atom. The Morgan fingerprint density at radius 3 is 2.37 bits per heavy atom. The molecule has 7 heteroatoms. The Balaban J connectivity index is 4.53. The van der Waals surface area contributed by atoms with Crippen LogP contribution in [0.15, 0.2) is 11.9 Å². The van der Waals surface area contributed by atoms with Gasteiger partial charge >= 0.3 is 0 Å². The molecule has 0 aliphatic carbocycles. The predicted molar refractivity (Wildman–Crippen MR) is 73.4 cm³/mol. The molecule has 0 aromatic carbocycles. The maximum atomic E-state index is 11.3. The molecule has 0 saturated heterocycles. The van der Waals surface area contributed by atoms with Crippen molar-refractivity contribution in [1.29, 1.82) is 0 Å². The molecule has 0 amide bonds. The van der Waals surface area contributed by atoms with E-state index < -0.39 is 19.8 Å². The lowest BCUT2D eigenvalue weighted by atomic mass is 10.3. The minimum Gasteiger partial charge on any atom is -0.386 e. The van der Waals surface area contributed by atoms with Gasteiger partial charge in [-0.1, -0.05) is 0 Å². The zero-order chi connectivity index (χ0) is 14.9. The van der Waals surface area contributed by atoms with E-state index in [-0.39, 0.29) is 18.8 Å². The van der Waals surface area contributed by atoms with Crippen LogP contribution in [0, 0.1) is 0 Å². The first-order valence-corrected chi connectivity index (χ1v) is 8.10. The predicted octanol–water partition coefficient (Wildman–Crippen LogP) is 1.57. The van der Waals surface area contributed by atoms with Gasteiger partial charge in [0.15, 0.2) is 0 Å².